The number of carbonyl (C=O) groups is 1. The zero-order chi connectivity index (χ0) is 19.8. The predicted octanol–water partition coefficient (Wildman–Crippen LogP) is 3.25. The van der Waals surface area contributed by atoms with E-state index < -0.39 is 10.0 Å². The molecule has 3 rings (SSSR count). The molecule has 1 heterocycles. The highest BCUT2D eigenvalue weighted by Crippen LogP contribution is 2.32. The number of nitrogens with zero attached hydrogens (tertiary/aromatic N) is 2. The first-order valence-corrected chi connectivity index (χ1v) is 10.8. The van der Waals surface area contributed by atoms with Crippen LogP contribution in [-0.4, -0.2) is 44.2 Å². The van der Waals surface area contributed by atoms with Gasteiger partial charge in [-0.1, -0.05) is 25.1 Å². The minimum Gasteiger partial charge on any atom is -0.284 e. The molecule has 0 saturated carbocycles. The van der Waals surface area contributed by atoms with Crippen molar-refractivity contribution in [2.24, 2.45) is 0 Å². The first-order chi connectivity index (χ1) is 12.7. The Hall–Kier alpha value is -2.38. The van der Waals surface area contributed by atoms with Crippen LogP contribution in [0.15, 0.2) is 36.4 Å². The first kappa shape index (κ1) is 19.4. The highest BCUT2D eigenvalue weighted by Gasteiger charge is 2.31. The lowest BCUT2D eigenvalue weighted by Crippen LogP contribution is -2.40. The second-order valence-corrected chi connectivity index (χ2v) is 8.77. The van der Waals surface area contributed by atoms with Crippen molar-refractivity contribution >= 4 is 21.6 Å². The maximum Gasteiger partial charge on any atom is 0.269 e. The summed E-state index contributed by atoms with van der Waals surface area (Å²) >= 11 is 0. The third kappa shape index (κ3) is 4.14. The average molecular weight is 388 g/mol. The molecule has 27 heavy (non-hydrogen) atoms. The van der Waals surface area contributed by atoms with Crippen LogP contribution in [0.2, 0.25) is 0 Å². The van der Waals surface area contributed by atoms with Crippen molar-refractivity contribution in [1.29, 1.82) is 0 Å². The van der Waals surface area contributed by atoms with E-state index in [-0.39, 0.29) is 5.91 Å². The Morgan fingerprint density at radius 1 is 1.19 bits per heavy atom. The number of hydrazine groups is 1. The molecule has 7 heteroatoms. The molecule has 0 atom stereocenters. The number of carbonyl (C=O) groups excluding carboxylic acids is 1. The van der Waals surface area contributed by atoms with Crippen molar-refractivity contribution in [2.75, 3.05) is 24.6 Å². The molecule has 6 nitrogen and oxygen atoms in total. The monoisotopic (exact) mass is 387 g/mol. The molecule has 2 aromatic rings. The van der Waals surface area contributed by atoms with Crippen molar-refractivity contribution < 1.29 is 13.2 Å². The molecule has 1 aliphatic rings. The van der Waals surface area contributed by atoms with Crippen LogP contribution < -0.4 is 4.72 Å². The minimum absolute atomic E-state index is 0.0393. The molecule has 0 fully saturated rings. The van der Waals surface area contributed by atoms with Crippen LogP contribution in [0.1, 0.15) is 34.8 Å². The maximum absolute atomic E-state index is 12.8. The van der Waals surface area contributed by atoms with Gasteiger partial charge in [0.05, 0.1) is 12.8 Å². The van der Waals surface area contributed by atoms with Gasteiger partial charge in [-0.15, -0.1) is 0 Å². The molecule has 0 spiro atoms. The smallest absolute Gasteiger partial charge is 0.269 e. The normalized spacial score (nSPS) is 14.0. The van der Waals surface area contributed by atoms with Crippen LogP contribution in [-0.2, 0) is 16.6 Å². The van der Waals surface area contributed by atoms with Crippen LogP contribution in [0.25, 0.3) is 11.1 Å². The van der Waals surface area contributed by atoms with Crippen LogP contribution in [0.4, 0.5) is 5.69 Å². The molecular weight excluding hydrogens is 362 g/mol. The molecule has 0 aliphatic carbocycles. The number of rotatable bonds is 6. The summed E-state index contributed by atoms with van der Waals surface area (Å²) in [7, 11) is -1.40. The number of sulfonamides is 1. The Balaban J connectivity index is 1.96. The summed E-state index contributed by atoms with van der Waals surface area (Å²) < 4.78 is 25.5. The summed E-state index contributed by atoms with van der Waals surface area (Å²) in [4.78, 5) is 12.8. The predicted molar refractivity (Wildman–Crippen MR) is 108 cm³/mol. The topological polar surface area (TPSA) is 69.7 Å². The Bertz CT molecular complexity index is 986. The number of benzene rings is 2. The number of nitrogens with one attached hydrogen (secondary N) is 1. The standard InChI is InChI=1S/C20H25N3O3S/c1-5-9-22(3)23-13-17-11-16(10-14(2)19(17)20(23)24)15-7-6-8-18(12-15)21-27(4,25)26/h6-8,10-12,21H,5,9,13H2,1-4H3. The summed E-state index contributed by atoms with van der Waals surface area (Å²) in [6.07, 6.45) is 2.10. The number of hydrogen-bond donors (Lipinski definition) is 1. The third-order valence-corrected chi connectivity index (χ3v) is 5.25. The lowest BCUT2D eigenvalue weighted by Gasteiger charge is -2.27. The number of aryl methyl sites for hydroxylation is 1. The molecule has 144 valence electrons. The summed E-state index contributed by atoms with van der Waals surface area (Å²) in [5, 5.41) is 3.75. The summed E-state index contributed by atoms with van der Waals surface area (Å²) in [5.74, 6) is 0.0393. The highest BCUT2D eigenvalue weighted by atomic mass is 32.2. The molecule has 0 saturated heterocycles. The van der Waals surface area contributed by atoms with Gasteiger partial charge in [-0.2, -0.15) is 0 Å². The lowest BCUT2D eigenvalue weighted by atomic mass is 9.96. The molecule has 0 radical (unpaired) electrons. The second-order valence-electron chi connectivity index (χ2n) is 7.03. The number of amides is 1. The lowest BCUT2D eigenvalue weighted by molar-refractivity contribution is 0.00764. The van der Waals surface area contributed by atoms with E-state index >= 15 is 0 Å². The van der Waals surface area contributed by atoms with Crippen molar-refractivity contribution in [3.63, 3.8) is 0 Å². The van der Waals surface area contributed by atoms with E-state index in [0.29, 0.717) is 12.2 Å². The van der Waals surface area contributed by atoms with Crippen LogP contribution in [0.5, 0.6) is 0 Å². The largest absolute Gasteiger partial charge is 0.284 e. The van der Waals surface area contributed by atoms with Crippen LogP contribution in [0, 0.1) is 6.92 Å². The van der Waals surface area contributed by atoms with Crippen LogP contribution in [0.3, 0.4) is 0 Å². The van der Waals surface area contributed by atoms with Gasteiger partial charge < -0.3 is 0 Å². The van der Waals surface area contributed by atoms with Gasteiger partial charge in [-0.05, 0) is 53.8 Å². The summed E-state index contributed by atoms with van der Waals surface area (Å²) in [6, 6.07) is 11.3. The number of fused-ring (bicyclic) bond motifs is 1. The zero-order valence-corrected chi connectivity index (χ0v) is 16.9. The van der Waals surface area contributed by atoms with E-state index in [0.717, 1.165) is 47.0 Å². The average Bonchev–Trinajstić information content (AvgIpc) is 2.91. The van der Waals surface area contributed by atoms with E-state index in [1.54, 1.807) is 17.1 Å². The van der Waals surface area contributed by atoms with Crippen molar-refractivity contribution in [2.45, 2.75) is 26.8 Å². The van der Waals surface area contributed by atoms with E-state index in [9.17, 15) is 13.2 Å². The van der Waals surface area contributed by atoms with Gasteiger partial charge in [0.15, 0.2) is 0 Å². The van der Waals surface area contributed by atoms with Gasteiger partial charge in [0.1, 0.15) is 0 Å². The Morgan fingerprint density at radius 3 is 2.59 bits per heavy atom. The fourth-order valence-electron chi connectivity index (χ4n) is 3.52. The molecule has 2 aromatic carbocycles. The molecule has 0 bridgehead atoms. The maximum atomic E-state index is 12.8. The Kier molecular flexibility index (Phi) is 5.26. The Labute approximate surface area is 160 Å². The molecule has 1 N–H and O–H groups in total. The SMILES string of the molecule is CCCN(C)N1Cc2cc(-c3cccc(NS(C)(=O)=O)c3)cc(C)c2C1=O. The number of anilines is 1. The van der Waals surface area contributed by atoms with E-state index in [1.165, 1.54) is 0 Å². The summed E-state index contributed by atoms with van der Waals surface area (Å²) in [5.41, 5.74) is 5.10. The van der Waals surface area contributed by atoms with E-state index in [1.807, 2.05) is 43.2 Å². The van der Waals surface area contributed by atoms with Gasteiger partial charge in [-0.3, -0.25) is 14.5 Å². The second kappa shape index (κ2) is 7.32. The summed E-state index contributed by atoms with van der Waals surface area (Å²) in [6.45, 7) is 5.42. The van der Waals surface area contributed by atoms with Gasteiger partial charge in [-0.25, -0.2) is 13.4 Å². The van der Waals surface area contributed by atoms with Crippen molar-refractivity contribution in [3.05, 3.63) is 53.1 Å². The molecule has 0 aromatic heterocycles. The van der Waals surface area contributed by atoms with Gasteiger partial charge in [0.2, 0.25) is 10.0 Å². The Morgan fingerprint density at radius 2 is 1.93 bits per heavy atom. The van der Waals surface area contributed by atoms with Gasteiger partial charge in [0, 0.05) is 24.8 Å². The fraction of sp³-hybridized carbons (Fsp3) is 0.350. The molecular formula is C20H25N3O3S. The molecule has 1 amide bonds. The highest BCUT2D eigenvalue weighted by molar-refractivity contribution is 7.92. The van der Waals surface area contributed by atoms with Gasteiger partial charge >= 0.3 is 0 Å². The van der Waals surface area contributed by atoms with Crippen molar-refractivity contribution in [1.82, 2.24) is 10.0 Å². The zero-order valence-electron chi connectivity index (χ0n) is 16.1. The minimum atomic E-state index is -3.33. The number of hydrogen-bond acceptors (Lipinski definition) is 4. The van der Waals surface area contributed by atoms with Crippen molar-refractivity contribution in [3.8, 4) is 11.1 Å². The quantitative estimate of drug-likeness (QED) is 0.826. The molecule has 0 unspecified atom stereocenters. The molecule has 1 aliphatic heterocycles. The van der Waals surface area contributed by atoms with Gasteiger partial charge in [0.25, 0.3) is 5.91 Å². The fourth-order valence-corrected chi connectivity index (χ4v) is 4.07. The first-order valence-electron chi connectivity index (χ1n) is 8.94. The van der Waals surface area contributed by atoms with E-state index in [4.69, 9.17) is 0 Å². The van der Waals surface area contributed by atoms with E-state index in [2.05, 4.69) is 11.6 Å². The third-order valence-electron chi connectivity index (χ3n) is 4.64. The van der Waals surface area contributed by atoms with Crippen LogP contribution >= 0.6 is 0 Å².